The van der Waals surface area contributed by atoms with Crippen LogP contribution in [0.1, 0.15) is 12.5 Å². The molecule has 0 fully saturated rings. The van der Waals surface area contributed by atoms with Crippen LogP contribution in [-0.2, 0) is 10.0 Å². The zero-order valence-corrected chi connectivity index (χ0v) is 12.9. The van der Waals surface area contributed by atoms with E-state index in [0.29, 0.717) is 11.1 Å². The molecule has 1 N–H and O–H groups in total. The number of nitrogens with one attached hydrogen (secondary N) is 1. The van der Waals surface area contributed by atoms with Gasteiger partial charge in [0, 0.05) is 11.6 Å². The van der Waals surface area contributed by atoms with Crippen LogP contribution in [0.5, 0.6) is 0 Å². The first kappa shape index (κ1) is 15.4. The molecule has 3 rings (SSSR count). The fourth-order valence-electron chi connectivity index (χ4n) is 2.33. The molecule has 0 spiro atoms. The average molecular weight is 334 g/mol. The third-order valence-electron chi connectivity index (χ3n) is 3.38. The predicted octanol–water partition coefficient (Wildman–Crippen LogP) is 3.55. The van der Waals surface area contributed by atoms with Crippen LogP contribution in [-0.4, -0.2) is 14.3 Å². The summed E-state index contributed by atoms with van der Waals surface area (Å²) in [4.78, 5) is 0.0532. The molecule has 0 unspecified atom stereocenters. The van der Waals surface area contributed by atoms with Gasteiger partial charge in [0.25, 0.3) is 10.0 Å². The molecule has 0 atom stereocenters. The number of hydrogen-bond acceptors (Lipinski definition) is 3. The molecule has 0 bridgehead atoms. The monoisotopic (exact) mass is 334 g/mol. The third-order valence-corrected chi connectivity index (χ3v) is 4.86. The highest BCUT2D eigenvalue weighted by molar-refractivity contribution is 8.00. The second kappa shape index (κ2) is 5.58. The van der Waals surface area contributed by atoms with Gasteiger partial charge in [-0.15, -0.1) is 4.40 Å². The summed E-state index contributed by atoms with van der Waals surface area (Å²) in [7, 11) is -3.89. The number of rotatable bonds is 2. The summed E-state index contributed by atoms with van der Waals surface area (Å²) in [5, 5.41) is 2.55. The Morgan fingerprint density at radius 2 is 1.74 bits per heavy atom. The summed E-state index contributed by atoms with van der Waals surface area (Å²) in [5.74, 6) is -1.36. The lowest BCUT2D eigenvalue weighted by Gasteiger charge is -2.08. The van der Waals surface area contributed by atoms with E-state index in [1.165, 1.54) is 0 Å². The van der Waals surface area contributed by atoms with Gasteiger partial charge in [-0.1, -0.05) is 30.3 Å². The van der Waals surface area contributed by atoms with E-state index < -0.39 is 21.7 Å². The number of hydrogen-bond donors (Lipinski definition) is 1. The van der Waals surface area contributed by atoms with Crippen LogP contribution in [0, 0.1) is 11.6 Å². The molecule has 1 aliphatic rings. The van der Waals surface area contributed by atoms with Gasteiger partial charge in [-0.05, 0) is 24.6 Å². The van der Waals surface area contributed by atoms with E-state index in [9.17, 15) is 17.2 Å². The number of sulfonamides is 1. The van der Waals surface area contributed by atoms with Gasteiger partial charge < -0.3 is 5.32 Å². The molecule has 0 saturated carbocycles. The average Bonchev–Trinajstić information content (AvgIpc) is 2.73. The standard InChI is InChI=1S/C16H12F2N2O2S/c1-10-15(11-5-3-2-4-6-11)23(21,22)20-16(10)19-14-9-12(17)7-8-13(14)18/h2-9H,1H3,(H,19,20). The zero-order valence-electron chi connectivity index (χ0n) is 12.0. The van der Waals surface area contributed by atoms with Crippen LogP contribution in [0.3, 0.4) is 0 Å². The van der Waals surface area contributed by atoms with Crippen molar-refractivity contribution in [3.8, 4) is 0 Å². The number of anilines is 1. The van der Waals surface area contributed by atoms with Crippen molar-refractivity contribution in [3.05, 3.63) is 71.3 Å². The molecule has 0 aliphatic carbocycles. The SMILES string of the molecule is CC1=C(c2ccccc2)S(=O)(=O)N=C1Nc1cc(F)ccc1F. The van der Waals surface area contributed by atoms with E-state index in [2.05, 4.69) is 9.71 Å². The van der Waals surface area contributed by atoms with Gasteiger partial charge in [-0.2, -0.15) is 8.42 Å². The van der Waals surface area contributed by atoms with Crippen LogP contribution in [0.4, 0.5) is 14.5 Å². The second-order valence-corrected chi connectivity index (χ2v) is 6.53. The maximum atomic E-state index is 13.7. The Bertz CT molecular complexity index is 936. The molecule has 1 heterocycles. The number of halogens is 2. The van der Waals surface area contributed by atoms with Crippen molar-refractivity contribution in [2.45, 2.75) is 6.92 Å². The molecule has 7 heteroatoms. The zero-order chi connectivity index (χ0) is 16.6. The van der Waals surface area contributed by atoms with Gasteiger partial charge in [0.1, 0.15) is 22.4 Å². The molecule has 0 aromatic heterocycles. The van der Waals surface area contributed by atoms with Crippen LogP contribution < -0.4 is 5.32 Å². The highest BCUT2D eigenvalue weighted by Crippen LogP contribution is 2.33. The Labute approximate surface area is 132 Å². The van der Waals surface area contributed by atoms with Gasteiger partial charge in [-0.25, -0.2) is 8.78 Å². The van der Waals surface area contributed by atoms with Crippen molar-refractivity contribution in [3.63, 3.8) is 0 Å². The first-order valence-corrected chi connectivity index (χ1v) is 8.16. The molecule has 2 aromatic carbocycles. The minimum atomic E-state index is -3.89. The van der Waals surface area contributed by atoms with Crippen LogP contribution in [0.15, 0.2) is 58.5 Å². The molecule has 4 nitrogen and oxygen atoms in total. The normalized spacial score (nSPS) is 16.4. The predicted molar refractivity (Wildman–Crippen MR) is 85.4 cm³/mol. The molecular weight excluding hydrogens is 322 g/mol. The number of nitrogens with zero attached hydrogens (tertiary/aromatic N) is 1. The molecule has 23 heavy (non-hydrogen) atoms. The highest BCUT2D eigenvalue weighted by atomic mass is 32.2. The molecule has 118 valence electrons. The van der Waals surface area contributed by atoms with E-state index in [4.69, 9.17) is 0 Å². The Morgan fingerprint density at radius 1 is 1.04 bits per heavy atom. The Morgan fingerprint density at radius 3 is 2.43 bits per heavy atom. The van der Waals surface area contributed by atoms with Gasteiger partial charge in [0.2, 0.25) is 0 Å². The van der Waals surface area contributed by atoms with Gasteiger partial charge in [0.15, 0.2) is 0 Å². The minimum Gasteiger partial charge on any atom is -0.337 e. The first-order valence-electron chi connectivity index (χ1n) is 6.72. The van der Waals surface area contributed by atoms with Gasteiger partial charge in [-0.3, -0.25) is 0 Å². The quantitative estimate of drug-likeness (QED) is 0.914. The smallest absolute Gasteiger partial charge is 0.285 e. The molecule has 0 saturated heterocycles. The van der Waals surface area contributed by atoms with E-state index in [0.717, 1.165) is 18.2 Å². The summed E-state index contributed by atoms with van der Waals surface area (Å²) in [5.41, 5.74) is 0.665. The second-order valence-electron chi connectivity index (χ2n) is 4.98. The van der Waals surface area contributed by atoms with Crippen LogP contribution in [0.25, 0.3) is 4.91 Å². The van der Waals surface area contributed by atoms with E-state index in [-0.39, 0.29) is 16.4 Å². The maximum Gasteiger partial charge on any atom is 0.285 e. The molecule has 2 aromatic rings. The van der Waals surface area contributed by atoms with Crippen molar-refractivity contribution in [1.29, 1.82) is 0 Å². The van der Waals surface area contributed by atoms with Gasteiger partial charge in [0.05, 0.1) is 5.69 Å². The Hall–Kier alpha value is -2.54. The topological polar surface area (TPSA) is 58.5 Å². The molecule has 0 amide bonds. The fourth-order valence-corrected chi connectivity index (χ4v) is 3.76. The fraction of sp³-hybridized carbons (Fsp3) is 0.0625. The lowest BCUT2D eigenvalue weighted by atomic mass is 10.1. The highest BCUT2D eigenvalue weighted by Gasteiger charge is 2.31. The van der Waals surface area contributed by atoms with Crippen molar-refractivity contribution in [2.24, 2.45) is 4.40 Å². The van der Waals surface area contributed by atoms with E-state index >= 15 is 0 Å². The minimum absolute atomic E-state index is 0.0200. The van der Waals surface area contributed by atoms with E-state index in [1.54, 1.807) is 37.3 Å². The number of amidine groups is 1. The van der Waals surface area contributed by atoms with Crippen LogP contribution >= 0.6 is 0 Å². The van der Waals surface area contributed by atoms with Crippen molar-refractivity contribution >= 4 is 26.5 Å². The maximum absolute atomic E-state index is 13.7. The molecule has 1 aliphatic heterocycles. The van der Waals surface area contributed by atoms with Crippen molar-refractivity contribution in [2.75, 3.05) is 5.32 Å². The van der Waals surface area contributed by atoms with Gasteiger partial charge >= 0.3 is 0 Å². The largest absolute Gasteiger partial charge is 0.337 e. The van der Waals surface area contributed by atoms with Crippen LogP contribution in [0.2, 0.25) is 0 Å². The summed E-state index contributed by atoms with van der Waals surface area (Å²) in [6.45, 7) is 1.57. The molecule has 0 radical (unpaired) electrons. The van der Waals surface area contributed by atoms with Crippen molar-refractivity contribution in [1.82, 2.24) is 0 Å². The Kier molecular flexibility index (Phi) is 3.73. The summed E-state index contributed by atoms with van der Waals surface area (Å²) < 4.78 is 55.1. The van der Waals surface area contributed by atoms with Crippen molar-refractivity contribution < 1.29 is 17.2 Å². The van der Waals surface area contributed by atoms with E-state index in [1.807, 2.05) is 0 Å². The summed E-state index contributed by atoms with van der Waals surface area (Å²) >= 11 is 0. The lowest BCUT2D eigenvalue weighted by Crippen LogP contribution is -2.12. The Balaban J connectivity index is 2.05. The third kappa shape index (κ3) is 2.87. The first-order chi connectivity index (χ1) is 10.9. The summed E-state index contributed by atoms with van der Waals surface area (Å²) in [6.07, 6.45) is 0. The molecular formula is C16H12F2N2O2S. The summed E-state index contributed by atoms with van der Waals surface area (Å²) in [6, 6.07) is 11.4. The number of benzene rings is 2. The lowest BCUT2D eigenvalue weighted by molar-refractivity contribution is 0.604.